The van der Waals surface area contributed by atoms with E-state index in [0.29, 0.717) is 44.0 Å². The van der Waals surface area contributed by atoms with Gasteiger partial charge < -0.3 is 14.6 Å². The van der Waals surface area contributed by atoms with E-state index in [9.17, 15) is 4.79 Å². The summed E-state index contributed by atoms with van der Waals surface area (Å²) in [4.78, 5) is 12.3. The maximum atomic E-state index is 12.3. The third kappa shape index (κ3) is 5.60. The predicted octanol–water partition coefficient (Wildman–Crippen LogP) is 6.13. The summed E-state index contributed by atoms with van der Waals surface area (Å²) in [7, 11) is 0. The summed E-state index contributed by atoms with van der Waals surface area (Å²) < 4.78 is 7.85. The van der Waals surface area contributed by atoms with Crippen molar-refractivity contribution < 1.29 is 9.53 Å². The van der Waals surface area contributed by atoms with E-state index in [0.717, 1.165) is 0 Å². The lowest BCUT2D eigenvalue weighted by molar-refractivity contribution is -0.113. The van der Waals surface area contributed by atoms with Crippen molar-refractivity contribution in [1.82, 2.24) is 14.8 Å². The molecule has 0 aliphatic carbocycles. The van der Waals surface area contributed by atoms with E-state index >= 15 is 0 Å². The van der Waals surface area contributed by atoms with Crippen molar-refractivity contribution >= 4 is 58.2 Å². The van der Waals surface area contributed by atoms with Crippen LogP contribution in [0.15, 0.2) is 47.6 Å². The molecule has 1 amide bonds. The maximum Gasteiger partial charge on any atom is 0.234 e. The van der Waals surface area contributed by atoms with E-state index in [1.807, 2.05) is 30.5 Å². The number of thioether (sulfide) groups is 1. The van der Waals surface area contributed by atoms with Crippen molar-refractivity contribution in [3.05, 3.63) is 63.4 Å². The number of hydrogen-bond acceptors (Lipinski definition) is 5. The van der Waals surface area contributed by atoms with Gasteiger partial charge in [-0.05, 0) is 44.2 Å². The lowest BCUT2D eigenvalue weighted by atomic mass is 10.3. The Hall–Kier alpha value is -1.93. The lowest BCUT2D eigenvalue weighted by Gasteiger charge is -2.16. The number of carbonyl (C=O) groups is 1. The molecule has 1 atom stereocenters. The van der Waals surface area contributed by atoms with Crippen LogP contribution in [0.5, 0.6) is 5.75 Å². The smallest absolute Gasteiger partial charge is 0.234 e. The number of rotatable bonds is 8. The fourth-order valence-electron chi connectivity index (χ4n) is 2.70. The Morgan fingerprint density at radius 2 is 1.93 bits per heavy atom. The van der Waals surface area contributed by atoms with Gasteiger partial charge in [0, 0.05) is 11.6 Å². The molecule has 0 aliphatic heterocycles. The minimum Gasteiger partial charge on any atom is -0.481 e. The molecule has 0 bridgehead atoms. The number of nitrogens with one attached hydrogen (secondary N) is 1. The number of para-hydroxylation sites is 1. The molecule has 30 heavy (non-hydrogen) atoms. The predicted molar refractivity (Wildman–Crippen MR) is 122 cm³/mol. The first kappa shape index (κ1) is 22.7. The first-order valence-corrected chi connectivity index (χ1v) is 11.2. The molecule has 158 valence electrons. The van der Waals surface area contributed by atoms with E-state index in [1.54, 1.807) is 30.3 Å². The maximum absolute atomic E-state index is 12.3. The average Bonchev–Trinajstić information content (AvgIpc) is 3.14. The highest BCUT2D eigenvalue weighted by atomic mass is 35.5. The van der Waals surface area contributed by atoms with Gasteiger partial charge in [-0.3, -0.25) is 4.79 Å². The zero-order valence-corrected chi connectivity index (χ0v) is 19.3. The summed E-state index contributed by atoms with van der Waals surface area (Å²) in [5, 5.41) is 13.3. The van der Waals surface area contributed by atoms with Gasteiger partial charge in [0.05, 0.1) is 21.5 Å². The zero-order valence-electron chi connectivity index (χ0n) is 16.2. The minimum atomic E-state index is -0.370. The summed E-state index contributed by atoms with van der Waals surface area (Å²) in [6.45, 7) is 4.48. The molecule has 10 heteroatoms. The van der Waals surface area contributed by atoms with E-state index in [4.69, 9.17) is 39.5 Å². The third-order valence-electron chi connectivity index (χ3n) is 4.10. The van der Waals surface area contributed by atoms with Crippen molar-refractivity contribution in [1.29, 1.82) is 0 Å². The van der Waals surface area contributed by atoms with Crippen LogP contribution >= 0.6 is 46.6 Å². The number of nitrogens with zero attached hydrogens (tertiary/aromatic N) is 3. The molecule has 1 N–H and O–H groups in total. The molecule has 3 aromatic rings. The highest BCUT2D eigenvalue weighted by Gasteiger charge is 2.20. The average molecular weight is 486 g/mol. The lowest BCUT2D eigenvalue weighted by Crippen LogP contribution is -2.15. The second kappa shape index (κ2) is 10.4. The van der Waals surface area contributed by atoms with Crippen LogP contribution in [0.3, 0.4) is 0 Å². The number of anilines is 1. The monoisotopic (exact) mass is 484 g/mol. The van der Waals surface area contributed by atoms with Crippen LogP contribution in [0.4, 0.5) is 5.69 Å². The fraction of sp³-hybridized carbons (Fsp3) is 0.250. The van der Waals surface area contributed by atoms with Crippen molar-refractivity contribution in [3.8, 4) is 5.75 Å². The van der Waals surface area contributed by atoms with E-state index in [2.05, 4.69) is 15.5 Å². The van der Waals surface area contributed by atoms with E-state index in [-0.39, 0.29) is 17.8 Å². The standard InChI is InChI=1S/C20H19Cl3N4O2S/c1-3-27-19(12(2)29-17-7-5-4-6-15(17)23)25-26-20(27)30-11-18(28)24-16-10-13(21)8-9-14(16)22/h4-10,12H,3,11H2,1-2H3,(H,24,28)/t12-/m1/s1. The number of carbonyl (C=O) groups excluding carboxylic acids is 1. The highest BCUT2D eigenvalue weighted by molar-refractivity contribution is 7.99. The Morgan fingerprint density at radius 1 is 1.17 bits per heavy atom. The number of amides is 1. The molecule has 0 radical (unpaired) electrons. The Labute approximate surface area is 193 Å². The van der Waals surface area contributed by atoms with Gasteiger partial charge in [-0.25, -0.2) is 0 Å². The van der Waals surface area contributed by atoms with Crippen LogP contribution in [-0.4, -0.2) is 26.4 Å². The van der Waals surface area contributed by atoms with Crippen molar-refractivity contribution in [3.63, 3.8) is 0 Å². The van der Waals surface area contributed by atoms with Gasteiger partial charge in [-0.15, -0.1) is 10.2 Å². The molecular formula is C20H19Cl3N4O2S. The van der Waals surface area contributed by atoms with Crippen LogP contribution < -0.4 is 10.1 Å². The first-order chi connectivity index (χ1) is 14.4. The number of ether oxygens (including phenoxy) is 1. The van der Waals surface area contributed by atoms with Crippen molar-refractivity contribution in [2.75, 3.05) is 11.1 Å². The van der Waals surface area contributed by atoms with Gasteiger partial charge in [0.2, 0.25) is 5.91 Å². The Balaban J connectivity index is 1.66. The molecule has 1 heterocycles. The van der Waals surface area contributed by atoms with Crippen LogP contribution in [0, 0.1) is 0 Å². The van der Waals surface area contributed by atoms with Crippen molar-refractivity contribution in [2.24, 2.45) is 0 Å². The quantitative estimate of drug-likeness (QED) is 0.389. The molecular weight excluding hydrogens is 467 g/mol. The first-order valence-electron chi connectivity index (χ1n) is 9.11. The van der Waals surface area contributed by atoms with Gasteiger partial charge in [-0.2, -0.15) is 0 Å². The van der Waals surface area contributed by atoms with Gasteiger partial charge >= 0.3 is 0 Å². The second-order valence-corrected chi connectivity index (χ2v) is 8.43. The number of benzene rings is 2. The van der Waals surface area contributed by atoms with Gasteiger partial charge in [-0.1, -0.05) is 58.7 Å². The molecule has 0 saturated heterocycles. The molecule has 2 aromatic carbocycles. The zero-order chi connectivity index (χ0) is 21.7. The minimum absolute atomic E-state index is 0.140. The molecule has 3 rings (SSSR count). The van der Waals surface area contributed by atoms with Crippen LogP contribution in [-0.2, 0) is 11.3 Å². The van der Waals surface area contributed by atoms with Crippen LogP contribution in [0.2, 0.25) is 15.1 Å². The summed E-state index contributed by atoms with van der Waals surface area (Å²) in [5.41, 5.74) is 0.467. The second-order valence-electron chi connectivity index (χ2n) is 6.24. The number of aromatic nitrogens is 3. The topological polar surface area (TPSA) is 69.0 Å². The molecule has 0 saturated carbocycles. The van der Waals surface area contributed by atoms with Gasteiger partial charge in [0.15, 0.2) is 17.1 Å². The van der Waals surface area contributed by atoms with E-state index < -0.39 is 0 Å². The van der Waals surface area contributed by atoms with Crippen LogP contribution in [0.1, 0.15) is 25.8 Å². The molecule has 0 spiro atoms. The van der Waals surface area contributed by atoms with Crippen molar-refractivity contribution in [2.45, 2.75) is 31.7 Å². The normalized spacial score (nSPS) is 11.9. The van der Waals surface area contributed by atoms with Gasteiger partial charge in [0.1, 0.15) is 5.75 Å². The molecule has 0 unspecified atom stereocenters. The SMILES string of the molecule is CCn1c(SCC(=O)Nc2cc(Cl)ccc2Cl)nnc1[C@@H](C)Oc1ccccc1Cl. The largest absolute Gasteiger partial charge is 0.481 e. The Bertz CT molecular complexity index is 1040. The summed E-state index contributed by atoms with van der Waals surface area (Å²) in [6, 6.07) is 12.1. The van der Waals surface area contributed by atoms with Gasteiger partial charge in [0.25, 0.3) is 0 Å². The number of hydrogen-bond donors (Lipinski definition) is 1. The summed E-state index contributed by atoms with van der Waals surface area (Å²) >= 11 is 19.5. The molecule has 0 aliphatic rings. The Morgan fingerprint density at radius 3 is 2.67 bits per heavy atom. The Kier molecular flexibility index (Phi) is 7.88. The summed E-state index contributed by atoms with van der Waals surface area (Å²) in [5.74, 6) is 1.14. The molecule has 6 nitrogen and oxygen atoms in total. The number of halogens is 3. The molecule has 0 fully saturated rings. The molecule has 1 aromatic heterocycles. The van der Waals surface area contributed by atoms with Crippen LogP contribution in [0.25, 0.3) is 0 Å². The van der Waals surface area contributed by atoms with E-state index in [1.165, 1.54) is 11.8 Å². The highest BCUT2D eigenvalue weighted by Crippen LogP contribution is 2.30. The summed E-state index contributed by atoms with van der Waals surface area (Å²) in [6.07, 6.45) is -0.370. The third-order valence-corrected chi connectivity index (χ3v) is 5.94. The fourth-order valence-corrected chi connectivity index (χ4v) is 4.02.